The standard InChI is InChI=1S/C9H12N4O/c10-9(14)8-5-7(6-11-12-8)13-3-1-2-4-13/h5-6H,1-4H2,(H2,10,14). The van der Waals surface area contributed by atoms with Crippen LogP contribution in [0, 0.1) is 0 Å². The van der Waals surface area contributed by atoms with Gasteiger partial charge in [0, 0.05) is 13.1 Å². The third-order valence-electron chi connectivity index (χ3n) is 2.36. The van der Waals surface area contributed by atoms with E-state index in [4.69, 9.17) is 5.73 Å². The van der Waals surface area contributed by atoms with Crippen molar-refractivity contribution in [2.45, 2.75) is 12.8 Å². The Hall–Kier alpha value is -1.65. The van der Waals surface area contributed by atoms with Crippen LogP contribution in [0.4, 0.5) is 5.69 Å². The highest BCUT2D eigenvalue weighted by Crippen LogP contribution is 2.18. The minimum atomic E-state index is -0.529. The molecule has 14 heavy (non-hydrogen) atoms. The van der Waals surface area contributed by atoms with Crippen LogP contribution >= 0.6 is 0 Å². The molecular weight excluding hydrogens is 180 g/mol. The molecule has 2 rings (SSSR count). The van der Waals surface area contributed by atoms with E-state index in [1.54, 1.807) is 12.3 Å². The van der Waals surface area contributed by atoms with Crippen LogP contribution in [0.5, 0.6) is 0 Å². The Morgan fingerprint density at radius 2 is 2.14 bits per heavy atom. The van der Waals surface area contributed by atoms with Crippen LogP contribution in [0.3, 0.4) is 0 Å². The molecule has 0 saturated carbocycles. The van der Waals surface area contributed by atoms with E-state index in [0.717, 1.165) is 18.8 Å². The van der Waals surface area contributed by atoms with Crippen molar-refractivity contribution in [3.63, 3.8) is 0 Å². The zero-order valence-electron chi connectivity index (χ0n) is 7.81. The largest absolute Gasteiger partial charge is 0.370 e. The SMILES string of the molecule is NC(=O)c1cc(N2CCCC2)cnn1. The van der Waals surface area contributed by atoms with Gasteiger partial charge in [0.2, 0.25) is 0 Å². The van der Waals surface area contributed by atoms with Gasteiger partial charge in [-0.1, -0.05) is 0 Å². The highest BCUT2D eigenvalue weighted by molar-refractivity contribution is 5.91. The molecule has 0 spiro atoms. The number of amides is 1. The van der Waals surface area contributed by atoms with Crippen molar-refractivity contribution in [3.05, 3.63) is 18.0 Å². The molecule has 0 bridgehead atoms. The smallest absolute Gasteiger partial charge is 0.269 e. The third-order valence-corrected chi connectivity index (χ3v) is 2.36. The fourth-order valence-corrected chi connectivity index (χ4v) is 1.63. The first kappa shape index (κ1) is 8.93. The Balaban J connectivity index is 2.25. The number of carbonyl (C=O) groups is 1. The summed E-state index contributed by atoms with van der Waals surface area (Å²) in [5.41, 5.74) is 6.29. The molecule has 1 aliphatic heterocycles. The number of nitrogens with zero attached hydrogens (tertiary/aromatic N) is 3. The second-order valence-electron chi connectivity index (χ2n) is 3.36. The molecule has 1 aliphatic rings. The van der Waals surface area contributed by atoms with Gasteiger partial charge in [-0.15, -0.1) is 5.10 Å². The normalized spacial score (nSPS) is 15.9. The average molecular weight is 192 g/mol. The van der Waals surface area contributed by atoms with Gasteiger partial charge < -0.3 is 10.6 Å². The number of primary amides is 1. The van der Waals surface area contributed by atoms with Gasteiger partial charge in [-0.2, -0.15) is 5.10 Å². The van der Waals surface area contributed by atoms with Crippen LogP contribution in [0.15, 0.2) is 12.3 Å². The number of hydrogen-bond acceptors (Lipinski definition) is 4. The van der Waals surface area contributed by atoms with E-state index in [2.05, 4.69) is 15.1 Å². The van der Waals surface area contributed by atoms with E-state index in [1.807, 2.05) is 0 Å². The minimum absolute atomic E-state index is 0.231. The van der Waals surface area contributed by atoms with Gasteiger partial charge in [0.25, 0.3) is 5.91 Å². The van der Waals surface area contributed by atoms with E-state index >= 15 is 0 Å². The zero-order chi connectivity index (χ0) is 9.97. The molecule has 5 nitrogen and oxygen atoms in total. The summed E-state index contributed by atoms with van der Waals surface area (Å²) >= 11 is 0. The third kappa shape index (κ3) is 1.66. The molecule has 5 heteroatoms. The zero-order valence-corrected chi connectivity index (χ0v) is 7.81. The van der Waals surface area contributed by atoms with Crippen molar-refractivity contribution in [1.82, 2.24) is 10.2 Å². The van der Waals surface area contributed by atoms with E-state index in [9.17, 15) is 4.79 Å². The number of nitrogens with two attached hydrogens (primary N) is 1. The number of anilines is 1. The van der Waals surface area contributed by atoms with Crippen LogP contribution < -0.4 is 10.6 Å². The molecule has 1 aromatic rings. The lowest BCUT2D eigenvalue weighted by Gasteiger charge is -2.16. The second kappa shape index (κ2) is 3.61. The molecule has 0 aliphatic carbocycles. The fourth-order valence-electron chi connectivity index (χ4n) is 1.63. The number of aromatic nitrogens is 2. The summed E-state index contributed by atoms with van der Waals surface area (Å²) in [6.07, 6.45) is 4.04. The molecular formula is C9H12N4O. The molecule has 0 unspecified atom stereocenters. The van der Waals surface area contributed by atoms with Gasteiger partial charge in [0.05, 0.1) is 11.9 Å². The van der Waals surface area contributed by atoms with Crippen LogP contribution in [-0.4, -0.2) is 29.2 Å². The van der Waals surface area contributed by atoms with Crippen molar-refractivity contribution >= 4 is 11.6 Å². The lowest BCUT2D eigenvalue weighted by Crippen LogP contribution is -2.20. The van der Waals surface area contributed by atoms with Crippen LogP contribution in [0.2, 0.25) is 0 Å². The van der Waals surface area contributed by atoms with Crippen LogP contribution in [-0.2, 0) is 0 Å². The molecule has 0 radical (unpaired) electrons. The predicted molar refractivity (Wildman–Crippen MR) is 52.0 cm³/mol. The topological polar surface area (TPSA) is 72.1 Å². The second-order valence-corrected chi connectivity index (χ2v) is 3.36. The Kier molecular flexibility index (Phi) is 2.30. The average Bonchev–Trinajstić information content (AvgIpc) is 2.71. The van der Waals surface area contributed by atoms with E-state index in [1.165, 1.54) is 12.8 Å². The van der Waals surface area contributed by atoms with Gasteiger partial charge >= 0.3 is 0 Å². The highest BCUT2D eigenvalue weighted by atomic mass is 16.1. The molecule has 1 saturated heterocycles. The molecule has 0 aromatic carbocycles. The van der Waals surface area contributed by atoms with Crippen molar-refractivity contribution in [1.29, 1.82) is 0 Å². The van der Waals surface area contributed by atoms with E-state index in [-0.39, 0.29) is 5.69 Å². The van der Waals surface area contributed by atoms with Crippen LogP contribution in [0.1, 0.15) is 23.3 Å². The van der Waals surface area contributed by atoms with Crippen molar-refractivity contribution in [2.24, 2.45) is 5.73 Å². The molecule has 0 atom stereocenters. The molecule has 2 heterocycles. The lowest BCUT2D eigenvalue weighted by molar-refractivity contribution is 0.0994. The van der Waals surface area contributed by atoms with Gasteiger partial charge in [0.1, 0.15) is 0 Å². The number of hydrogen-bond donors (Lipinski definition) is 1. The molecule has 1 fully saturated rings. The van der Waals surface area contributed by atoms with E-state index < -0.39 is 5.91 Å². The molecule has 74 valence electrons. The quantitative estimate of drug-likeness (QED) is 0.725. The summed E-state index contributed by atoms with van der Waals surface area (Å²) in [5.74, 6) is -0.529. The number of carbonyl (C=O) groups excluding carboxylic acids is 1. The van der Waals surface area contributed by atoms with Crippen LogP contribution in [0.25, 0.3) is 0 Å². The molecule has 1 amide bonds. The Morgan fingerprint density at radius 1 is 1.43 bits per heavy atom. The first-order valence-corrected chi connectivity index (χ1v) is 4.65. The maximum absolute atomic E-state index is 10.9. The Morgan fingerprint density at radius 3 is 2.79 bits per heavy atom. The first-order valence-electron chi connectivity index (χ1n) is 4.65. The van der Waals surface area contributed by atoms with Gasteiger partial charge in [0.15, 0.2) is 5.69 Å². The van der Waals surface area contributed by atoms with Crippen molar-refractivity contribution in [2.75, 3.05) is 18.0 Å². The highest BCUT2D eigenvalue weighted by Gasteiger charge is 2.14. The maximum atomic E-state index is 10.9. The summed E-state index contributed by atoms with van der Waals surface area (Å²) in [6, 6.07) is 1.70. The summed E-state index contributed by atoms with van der Waals surface area (Å²) in [4.78, 5) is 13.1. The maximum Gasteiger partial charge on any atom is 0.269 e. The van der Waals surface area contributed by atoms with E-state index in [0.29, 0.717) is 0 Å². The van der Waals surface area contributed by atoms with Crippen molar-refractivity contribution in [3.8, 4) is 0 Å². The van der Waals surface area contributed by atoms with Crippen molar-refractivity contribution < 1.29 is 4.79 Å². The molecule has 2 N–H and O–H groups in total. The summed E-state index contributed by atoms with van der Waals surface area (Å²) in [5, 5.41) is 7.42. The van der Waals surface area contributed by atoms with Gasteiger partial charge in [-0.25, -0.2) is 0 Å². The Labute approximate surface area is 81.9 Å². The minimum Gasteiger partial charge on any atom is -0.370 e. The van der Waals surface area contributed by atoms with Gasteiger partial charge in [-0.05, 0) is 18.9 Å². The fraction of sp³-hybridized carbons (Fsp3) is 0.444. The first-order chi connectivity index (χ1) is 6.77. The molecule has 1 aromatic heterocycles. The lowest BCUT2D eigenvalue weighted by atomic mass is 10.3. The monoisotopic (exact) mass is 192 g/mol. The van der Waals surface area contributed by atoms with Gasteiger partial charge in [-0.3, -0.25) is 4.79 Å². The predicted octanol–water partition coefficient (Wildman–Crippen LogP) is 0.176. The number of rotatable bonds is 2. The summed E-state index contributed by atoms with van der Waals surface area (Å²) < 4.78 is 0. The summed E-state index contributed by atoms with van der Waals surface area (Å²) in [6.45, 7) is 2.04. The Bertz CT molecular complexity index is 346. The summed E-state index contributed by atoms with van der Waals surface area (Å²) in [7, 11) is 0.